The largest absolute Gasteiger partial charge is 0.394 e. The Morgan fingerprint density at radius 1 is 1.44 bits per heavy atom. The molecule has 0 radical (unpaired) electrons. The van der Waals surface area contributed by atoms with Crippen molar-refractivity contribution in [3.63, 3.8) is 0 Å². The normalized spacial score (nSPS) is 12.3. The standard InChI is InChI=1S/C12H23N5O/c1-5-6-10-14-11(16-13)9(3)12(15-10)17(4)8(2)7-18/h8,18H,5-7,13H2,1-4H3,(H,14,15,16). The molecule has 102 valence electrons. The maximum absolute atomic E-state index is 9.23. The van der Waals surface area contributed by atoms with E-state index in [-0.39, 0.29) is 12.6 Å². The summed E-state index contributed by atoms with van der Waals surface area (Å²) in [6, 6.07) is -0.00120. The van der Waals surface area contributed by atoms with Crippen molar-refractivity contribution >= 4 is 11.6 Å². The number of nitrogens with zero attached hydrogens (tertiary/aromatic N) is 3. The van der Waals surface area contributed by atoms with Crippen LogP contribution in [-0.4, -0.2) is 34.8 Å². The molecular formula is C12H23N5O. The van der Waals surface area contributed by atoms with Crippen LogP contribution in [0.25, 0.3) is 0 Å². The second-order valence-corrected chi connectivity index (χ2v) is 4.47. The number of likely N-dealkylation sites (N-methyl/N-ethyl adjacent to an activating group) is 1. The minimum atomic E-state index is -0.00120. The first-order valence-corrected chi connectivity index (χ1v) is 6.22. The molecule has 6 nitrogen and oxygen atoms in total. The zero-order valence-electron chi connectivity index (χ0n) is 11.6. The van der Waals surface area contributed by atoms with Crippen LogP contribution < -0.4 is 16.2 Å². The van der Waals surface area contributed by atoms with Crippen molar-refractivity contribution in [3.05, 3.63) is 11.4 Å². The molecule has 0 amide bonds. The third-order valence-corrected chi connectivity index (χ3v) is 3.04. The smallest absolute Gasteiger partial charge is 0.148 e. The number of aliphatic hydroxyl groups excluding tert-OH is 1. The molecule has 4 N–H and O–H groups in total. The predicted molar refractivity (Wildman–Crippen MR) is 73.5 cm³/mol. The van der Waals surface area contributed by atoms with E-state index in [2.05, 4.69) is 22.3 Å². The van der Waals surface area contributed by atoms with Crippen molar-refractivity contribution < 1.29 is 5.11 Å². The molecule has 6 heteroatoms. The van der Waals surface area contributed by atoms with Gasteiger partial charge in [-0.05, 0) is 20.3 Å². The third kappa shape index (κ3) is 3.08. The molecule has 18 heavy (non-hydrogen) atoms. The van der Waals surface area contributed by atoms with Gasteiger partial charge in [0.25, 0.3) is 0 Å². The lowest BCUT2D eigenvalue weighted by molar-refractivity contribution is 0.269. The molecule has 0 aliphatic carbocycles. The van der Waals surface area contributed by atoms with Crippen LogP contribution in [0.4, 0.5) is 11.6 Å². The fourth-order valence-corrected chi connectivity index (χ4v) is 1.70. The zero-order valence-corrected chi connectivity index (χ0v) is 11.6. The maximum Gasteiger partial charge on any atom is 0.148 e. The highest BCUT2D eigenvalue weighted by molar-refractivity contribution is 5.58. The van der Waals surface area contributed by atoms with Crippen molar-refractivity contribution in [2.75, 3.05) is 24.0 Å². The highest BCUT2D eigenvalue weighted by Crippen LogP contribution is 2.23. The summed E-state index contributed by atoms with van der Waals surface area (Å²) >= 11 is 0. The zero-order chi connectivity index (χ0) is 13.7. The third-order valence-electron chi connectivity index (χ3n) is 3.04. The summed E-state index contributed by atoms with van der Waals surface area (Å²) in [5.41, 5.74) is 3.50. The molecular weight excluding hydrogens is 230 g/mol. The average molecular weight is 253 g/mol. The predicted octanol–water partition coefficient (Wildman–Crippen LogP) is 0.840. The van der Waals surface area contributed by atoms with Gasteiger partial charge in [0.05, 0.1) is 12.6 Å². The summed E-state index contributed by atoms with van der Waals surface area (Å²) in [7, 11) is 1.91. The Morgan fingerprint density at radius 3 is 2.61 bits per heavy atom. The van der Waals surface area contributed by atoms with E-state index >= 15 is 0 Å². The number of nitrogen functional groups attached to an aromatic ring is 1. The lowest BCUT2D eigenvalue weighted by Gasteiger charge is -2.26. The number of hydrogen-bond donors (Lipinski definition) is 3. The van der Waals surface area contributed by atoms with Crippen LogP contribution in [0.1, 0.15) is 31.7 Å². The Balaban J connectivity index is 3.19. The molecule has 1 unspecified atom stereocenters. The van der Waals surface area contributed by atoms with E-state index < -0.39 is 0 Å². The minimum Gasteiger partial charge on any atom is -0.394 e. The summed E-state index contributed by atoms with van der Waals surface area (Å²) in [6.07, 6.45) is 1.79. The van der Waals surface area contributed by atoms with Crippen LogP contribution in [-0.2, 0) is 6.42 Å². The number of aromatic nitrogens is 2. The molecule has 1 rings (SSSR count). The van der Waals surface area contributed by atoms with Gasteiger partial charge in [-0.2, -0.15) is 0 Å². The monoisotopic (exact) mass is 253 g/mol. The number of anilines is 2. The van der Waals surface area contributed by atoms with E-state index in [1.54, 1.807) is 0 Å². The maximum atomic E-state index is 9.23. The van der Waals surface area contributed by atoms with Gasteiger partial charge < -0.3 is 15.4 Å². The number of hydrazine groups is 1. The van der Waals surface area contributed by atoms with E-state index in [1.165, 1.54) is 0 Å². The molecule has 0 aromatic carbocycles. The topological polar surface area (TPSA) is 87.3 Å². The molecule has 0 spiro atoms. The Hall–Kier alpha value is -1.40. The average Bonchev–Trinajstić information content (AvgIpc) is 2.39. The Bertz CT molecular complexity index is 396. The molecule has 1 heterocycles. The lowest BCUT2D eigenvalue weighted by atomic mass is 10.2. The summed E-state index contributed by atoms with van der Waals surface area (Å²) in [4.78, 5) is 10.9. The summed E-state index contributed by atoms with van der Waals surface area (Å²) in [5.74, 6) is 7.70. The van der Waals surface area contributed by atoms with Gasteiger partial charge in [0.1, 0.15) is 17.5 Å². The van der Waals surface area contributed by atoms with E-state index in [9.17, 15) is 5.11 Å². The van der Waals surface area contributed by atoms with Crippen LogP contribution in [0.2, 0.25) is 0 Å². The molecule has 1 atom stereocenters. The highest BCUT2D eigenvalue weighted by Gasteiger charge is 2.17. The van der Waals surface area contributed by atoms with Crippen molar-refractivity contribution in [2.24, 2.45) is 5.84 Å². The van der Waals surface area contributed by atoms with Gasteiger partial charge in [-0.1, -0.05) is 6.92 Å². The molecule has 0 aliphatic rings. The summed E-state index contributed by atoms with van der Waals surface area (Å²) < 4.78 is 0. The Labute approximate surface area is 108 Å². The number of rotatable bonds is 6. The van der Waals surface area contributed by atoms with Crippen LogP contribution in [0.5, 0.6) is 0 Å². The SMILES string of the molecule is CCCc1nc(NN)c(C)c(N(C)C(C)CO)n1. The van der Waals surface area contributed by atoms with Crippen molar-refractivity contribution in [1.82, 2.24) is 9.97 Å². The van der Waals surface area contributed by atoms with Gasteiger partial charge in [0.15, 0.2) is 0 Å². The first-order chi connectivity index (χ1) is 8.54. The summed E-state index contributed by atoms with van der Waals surface area (Å²) in [6.45, 7) is 6.02. The molecule has 0 saturated carbocycles. The number of aliphatic hydroxyl groups is 1. The first kappa shape index (κ1) is 14.7. The quantitative estimate of drug-likeness (QED) is 0.514. The second-order valence-electron chi connectivity index (χ2n) is 4.47. The van der Waals surface area contributed by atoms with E-state index in [4.69, 9.17) is 5.84 Å². The number of nitrogens with one attached hydrogen (secondary N) is 1. The van der Waals surface area contributed by atoms with E-state index in [0.29, 0.717) is 5.82 Å². The molecule has 0 aliphatic heterocycles. The number of hydrogen-bond acceptors (Lipinski definition) is 6. The van der Waals surface area contributed by atoms with Crippen LogP contribution in [0.3, 0.4) is 0 Å². The fraction of sp³-hybridized carbons (Fsp3) is 0.667. The van der Waals surface area contributed by atoms with Crippen LogP contribution in [0, 0.1) is 6.92 Å². The molecule has 1 aromatic rings. The lowest BCUT2D eigenvalue weighted by Crippen LogP contribution is -2.33. The van der Waals surface area contributed by atoms with Gasteiger partial charge >= 0.3 is 0 Å². The number of nitrogens with two attached hydrogens (primary N) is 1. The highest BCUT2D eigenvalue weighted by atomic mass is 16.3. The van der Waals surface area contributed by atoms with Crippen LogP contribution in [0.15, 0.2) is 0 Å². The van der Waals surface area contributed by atoms with Gasteiger partial charge in [0, 0.05) is 19.0 Å². The number of aryl methyl sites for hydroxylation is 1. The second kappa shape index (κ2) is 6.51. The van der Waals surface area contributed by atoms with Crippen molar-refractivity contribution in [3.8, 4) is 0 Å². The van der Waals surface area contributed by atoms with Gasteiger partial charge in [0.2, 0.25) is 0 Å². The Kier molecular flexibility index (Phi) is 5.30. The first-order valence-electron chi connectivity index (χ1n) is 6.22. The van der Waals surface area contributed by atoms with E-state index in [1.807, 2.05) is 25.8 Å². The van der Waals surface area contributed by atoms with Gasteiger partial charge in [-0.25, -0.2) is 15.8 Å². The van der Waals surface area contributed by atoms with E-state index in [0.717, 1.165) is 30.0 Å². The molecule has 0 bridgehead atoms. The van der Waals surface area contributed by atoms with Crippen LogP contribution >= 0.6 is 0 Å². The van der Waals surface area contributed by atoms with Crippen molar-refractivity contribution in [1.29, 1.82) is 0 Å². The Morgan fingerprint density at radius 2 is 2.11 bits per heavy atom. The van der Waals surface area contributed by atoms with Gasteiger partial charge in [-0.3, -0.25) is 0 Å². The fourth-order valence-electron chi connectivity index (χ4n) is 1.70. The summed E-state index contributed by atoms with van der Waals surface area (Å²) in [5, 5.41) is 9.23. The van der Waals surface area contributed by atoms with Gasteiger partial charge in [-0.15, -0.1) is 0 Å². The molecule has 1 aromatic heterocycles. The molecule has 0 saturated heterocycles. The minimum absolute atomic E-state index is 0.00120. The van der Waals surface area contributed by atoms with Crippen molar-refractivity contribution in [2.45, 2.75) is 39.7 Å². The molecule has 0 fully saturated rings.